The van der Waals surface area contributed by atoms with E-state index in [9.17, 15) is 28.0 Å². The van der Waals surface area contributed by atoms with Crippen LogP contribution < -0.4 is 0 Å². The number of halogens is 2. The van der Waals surface area contributed by atoms with Crippen LogP contribution in [-0.4, -0.2) is 19.5 Å². The lowest BCUT2D eigenvalue weighted by atomic mass is 9.98. The number of benzene rings is 3. The summed E-state index contributed by atoms with van der Waals surface area (Å²) in [6, 6.07) is 14.6. The van der Waals surface area contributed by atoms with Gasteiger partial charge >= 0.3 is 5.97 Å². The molecule has 4 rings (SSSR count). The van der Waals surface area contributed by atoms with Crippen LogP contribution in [0.5, 0.6) is 0 Å². The molecule has 1 saturated carbocycles. The maximum absolute atomic E-state index is 13.8. The molecule has 8 heteroatoms. The lowest BCUT2D eigenvalue weighted by molar-refractivity contribution is 0.0696. The van der Waals surface area contributed by atoms with E-state index in [1.54, 1.807) is 12.1 Å². The highest BCUT2D eigenvalue weighted by Gasteiger charge is 2.32. The monoisotopic (exact) mass is 469 g/mol. The summed E-state index contributed by atoms with van der Waals surface area (Å²) in [6.07, 6.45) is 1.67. The third-order valence-electron chi connectivity index (χ3n) is 5.41. The molecule has 0 aromatic heterocycles. The van der Waals surface area contributed by atoms with Crippen LogP contribution in [0, 0.1) is 17.1 Å². The van der Waals surface area contributed by atoms with Crippen molar-refractivity contribution in [1.29, 1.82) is 5.26 Å². The van der Waals surface area contributed by atoms with E-state index >= 15 is 0 Å². The van der Waals surface area contributed by atoms with Gasteiger partial charge in [0, 0.05) is 0 Å². The molecule has 0 heterocycles. The molecule has 5 nitrogen and oxygen atoms in total. The fraction of sp³-hybridized carbons (Fsp3) is 0.167. The van der Waals surface area contributed by atoms with Crippen molar-refractivity contribution in [1.82, 2.24) is 0 Å². The standard InChI is InChI=1S/C24H17ClFNO4S/c25-22-11-21(15-2-1-3-19(26)9-15)18(8-17(22)12-27)13-32(30,31)23-10-16(24(28)29)6-7-20(23)14-4-5-14/h1-3,6-11,14H,4-5,13H2,(H,28,29). The summed E-state index contributed by atoms with van der Waals surface area (Å²) in [5.41, 5.74) is 1.66. The zero-order valence-electron chi connectivity index (χ0n) is 16.7. The molecule has 0 aliphatic heterocycles. The number of carboxylic acid groups (broad SMARTS) is 1. The molecule has 3 aromatic rings. The van der Waals surface area contributed by atoms with Crippen molar-refractivity contribution < 1.29 is 22.7 Å². The van der Waals surface area contributed by atoms with Gasteiger partial charge in [-0.05, 0) is 77.4 Å². The molecule has 162 valence electrons. The molecule has 1 fully saturated rings. The highest BCUT2D eigenvalue weighted by atomic mass is 35.5. The molecule has 0 saturated heterocycles. The fourth-order valence-corrected chi connectivity index (χ4v) is 5.61. The quantitative estimate of drug-likeness (QED) is 0.509. The van der Waals surface area contributed by atoms with Gasteiger partial charge in [-0.15, -0.1) is 0 Å². The average molecular weight is 470 g/mol. The number of hydrogen-bond donors (Lipinski definition) is 1. The van der Waals surface area contributed by atoms with Gasteiger partial charge in [0.05, 0.1) is 26.8 Å². The maximum Gasteiger partial charge on any atom is 0.335 e. The highest BCUT2D eigenvalue weighted by molar-refractivity contribution is 7.90. The van der Waals surface area contributed by atoms with E-state index in [1.165, 1.54) is 42.5 Å². The normalized spacial score (nSPS) is 13.5. The Balaban J connectivity index is 1.86. The van der Waals surface area contributed by atoms with E-state index in [0.29, 0.717) is 16.7 Å². The molecule has 0 amide bonds. The molecular weight excluding hydrogens is 453 g/mol. The lowest BCUT2D eigenvalue weighted by Crippen LogP contribution is -2.11. The van der Waals surface area contributed by atoms with Crippen LogP contribution in [0.25, 0.3) is 11.1 Å². The molecule has 0 atom stereocenters. The van der Waals surface area contributed by atoms with E-state index in [1.807, 2.05) is 6.07 Å². The first-order chi connectivity index (χ1) is 15.2. The van der Waals surface area contributed by atoms with Gasteiger partial charge in [0.2, 0.25) is 0 Å². The Morgan fingerprint density at radius 2 is 1.91 bits per heavy atom. The fourth-order valence-electron chi connectivity index (χ4n) is 3.70. The van der Waals surface area contributed by atoms with Crippen LogP contribution >= 0.6 is 11.6 Å². The zero-order chi connectivity index (χ0) is 23.0. The Morgan fingerprint density at radius 1 is 1.16 bits per heavy atom. The van der Waals surface area contributed by atoms with Crippen molar-refractivity contribution in [3.63, 3.8) is 0 Å². The van der Waals surface area contributed by atoms with Gasteiger partial charge < -0.3 is 5.11 Å². The largest absolute Gasteiger partial charge is 0.478 e. The van der Waals surface area contributed by atoms with Crippen LogP contribution in [0.3, 0.4) is 0 Å². The van der Waals surface area contributed by atoms with Crippen molar-refractivity contribution in [3.05, 3.63) is 87.7 Å². The third-order valence-corrected chi connectivity index (χ3v) is 7.43. The molecule has 1 aliphatic rings. The van der Waals surface area contributed by atoms with Gasteiger partial charge in [-0.25, -0.2) is 17.6 Å². The molecule has 1 N–H and O–H groups in total. The van der Waals surface area contributed by atoms with Crippen LogP contribution in [0.2, 0.25) is 5.02 Å². The topological polar surface area (TPSA) is 95.2 Å². The molecule has 3 aromatic carbocycles. The number of nitriles is 1. The first-order valence-corrected chi connectivity index (χ1v) is 11.8. The number of carboxylic acids is 1. The van der Waals surface area contributed by atoms with Crippen LogP contribution in [0.15, 0.2) is 59.5 Å². The molecule has 32 heavy (non-hydrogen) atoms. The van der Waals surface area contributed by atoms with Crippen LogP contribution in [0.1, 0.15) is 45.8 Å². The Morgan fingerprint density at radius 3 is 2.53 bits per heavy atom. The maximum atomic E-state index is 13.8. The second kappa shape index (κ2) is 8.38. The second-order valence-corrected chi connectivity index (χ2v) is 10.1. The molecule has 0 spiro atoms. The first-order valence-electron chi connectivity index (χ1n) is 9.78. The van der Waals surface area contributed by atoms with Crippen LogP contribution in [0.4, 0.5) is 4.39 Å². The summed E-state index contributed by atoms with van der Waals surface area (Å²) in [6.45, 7) is 0. The zero-order valence-corrected chi connectivity index (χ0v) is 18.3. The van der Waals surface area contributed by atoms with Crippen molar-refractivity contribution in [2.45, 2.75) is 29.4 Å². The lowest BCUT2D eigenvalue weighted by Gasteiger charge is -2.15. The summed E-state index contributed by atoms with van der Waals surface area (Å²) in [5.74, 6) is -2.14. The molecule has 0 unspecified atom stereocenters. The number of nitrogens with zero attached hydrogens (tertiary/aromatic N) is 1. The number of aromatic carboxylic acids is 1. The van der Waals surface area contributed by atoms with E-state index in [0.717, 1.165) is 12.8 Å². The SMILES string of the molecule is N#Cc1cc(CS(=O)(=O)c2cc(C(=O)O)ccc2C2CC2)c(-c2cccc(F)c2)cc1Cl. The number of rotatable bonds is 6. The number of sulfone groups is 1. The Hall–Kier alpha value is -3.21. The summed E-state index contributed by atoms with van der Waals surface area (Å²) in [7, 11) is -3.99. The van der Waals surface area contributed by atoms with E-state index in [2.05, 4.69) is 0 Å². The van der Waals surface area contributed by atoms with E-state index < -0.39 is 27.4 Å². The van der Waals surface area contributed by atoms with Gasteiger partial charge in [-0.2, -0.15) is 5.26 Å². The summed E-state index contributed by atoms with van der Waals surface area (Å²) >= 11 is 6.18. The summed E-state index contributed by atoms with van der Waals surface area (Å²) in [4.78, 5) is 11.4. The smallest absolute Gasteiger partial charge is 0.335 e. The summed E-state index contributed by atoms with van der Waals surface area (Å²) < 4.78 is 40.8. The average Bonchev–Trinajstić information content (AvgIpc) is 3.59. The minimum Gasteiger partial charge on any atom is -0.478 e. The van der Waals surface area contributed by atoms with Gasteiger partial charge in [-0.3, -0.25) is 0 Å². The van der Waals surface area contributed by atoms with Crippen molar-refractivity contribution >= 4 is 27.4 Å². The van der Waals surface area contributed by atoms with Crippen molar-refractivity contribution in [2.24, 2.45) is 0 Å². The van der Waals surface area contributed by atoms with Gasteiger partial charge in [-0.1, -0.05) is 29.8 Å². The van der Waals surface area contributed by atoms with Gasteiger partial charge in [0.25, 0.3) is 0 Å². The van der Waals surface area contributed by atoms with E-state index in [-0.39, 0.29) is 32.5 Å². The Labute approximate surface area is 189 Å². The Bertz CT molecular complexity index is 1390. The highest BCUT2D eigenvalue weighted by Crippen LogP contribution is 2.44. The predicted octanol–water partition coefficient (Wildman–Crippen LogP) is 5.57. The molecule has 0 radical (unpaired) electrons. The summed E-state index contributed by atoms with van der Waals surface area (Å²) in [5, 5.41) is 18.8. The van der Waals surface area contributed by atoms with Crippen LogP contribution in [-0.2, 0) is 15.6 Å². The minimum absolute atomic E-state index is 0.0291. The molecular formula is C24H17ClFNO4S. The van der Waals surface area contributed by atoms with Crippen molar-refractivity contribution in [2.75, 3.05) is 0 Å². The minimum atomic E-state index is -3.99. The predicted molar refractivity (Wildman–Crippen MR) is 118 cm³/mol. The van der Waals surface area contributed by atoms with E-state index in [4.69, 9.17) is 11.6 Å². The Kier molecular flexibility index (Phi) is 5.76. The molecule has 0 bridgehead atoms. The van der Waals surface area contributed by atoms with Crippen molar-refractivity contribution in [3.8, 4) is 17.2 Å². The van der Waals surface area contributed by atoms with Gasteiger partial charge in [0.15, 0.2) is 9.84 Å². The second-order valence-electron chi connectivity index (χ2n) is 7.70. The molecule has 1 aliphatic carbocycles. The third kappa shape index (κ3) is 4.38. The van der Waals surface area contributed by atoms with Gasteiger partial charge in [0.1, 0.15) is 11.9 Å². The number of carbonyl (C=O) groups is 1. The first kappa shape index (κ1) is 22.0. The number of hydrogen-bond acceptors (Lipinski definition) is 4.